The third-order valence-corrected chi connectivity index (χ3v) is 5.39. The third kappa shape index (κ3) is 3.41. The van der Waals surface area contributed by atoms with Gasteiger partial charge in [-0.05, 0) is 44.4 Å². The van der Waals surface area contributed by atoms with E-state index in [2.05, 4.69) is 17.6 Å². The first kappa shape index (κ1) is 14.2. The molecule has 0 aromatic heterocycles. The van der Waals surface area contributed by atoms with Crippen molar-refractivity contribution in [2.45, 2.75) is 51.5 Å². The lowest BCUT2D eigenvalue weighted by molar-refractivity contribution is -0.133. The maximum Gasteiger partial charge on any atom is 0.227 e. The quantitative estimate of drug-likeness (QED) is 0.822. The highest BCUT2D eigenvalue weighted by Gasteiger charge is 2.39. The number of rotatable bonds is 4. The minimum Gasteiger partial charge on any atom is -0.352 e. The van der Waals surface area contributed by atoms with E-state index in [1.807, 2.05) is 11.8 Å². The number of hydrogen-bond donors (Lipinski definition) is 2. The molecule has 0 bridgehead atoms. The fraction of sp³-hybridized carbons (Fsp3) is 0.929. The van der Waals surface area contributed by atoms with Gasteiger partial charge in [0, 0.05) is 18.3 Å². The summed E-state index contributed by atoms with van der Waals surface area (Å²) in [5.74, 6) is 2.67. The van der Waals surface area contributed by atoms with Crippen LogP contribution in [0, 0.1) is 5.41 Å². The molecule has 0 saturated carbocycles. The summed E-state index contributed by atoms with van der Waals surface area (Å²) >= 11 is 1.97. The Labute approximate surface area is 115 Å². The van der Waals surface area contributed by atoms with Crippen molar-refractivity contribution in [3.8, 4) is 0 Å². The predicted molar refractivity (Wildman–Crippen MR) is 77.9 cm³/mol. The van der Waals surface area contributed by atoms with E-state index in [9.17, 15) is 4.79 Å². The molecule has 2 fully saturated rings. The van der Waals surface area contributed by atoms with E-state index in [-0.39, 0.29) is 5.41 Å². The van der Waals surface area contributed by atoms with Gasteiger partial charge in [-0.15, -0.1) is 0 Å². The highest BCUT2D eigenvalue weighted by Crippen LogP contribution is 2.32. The van der Waals surface area contributed by atoms with Crippen molar-refractivity contribution in [3.05, 3.63) is 0 Å². The number of thioether (sulfide) groups is 1. The smallest absolute Gasteiger partial charge is 0.227 e. The summed E-state index contributed by atoms with van der Waals surface area (Å²) in [5.41, 5.74) is -0.130. The maximum absolute atomic E-state index is 12.6. The normalized spacial score (nSPS) is 33.1. The molecule has 2 unspecified atom stereocenters. The Bertz CT molecular complexity index is 265. The predicted octanol–water partition coefficient (Wildman–Crippen LogP) is 2.17. The molecule has 2 heterocycles. The summed E-state index contributed by atoms with van der Waals surface area (Å²) in [6.45, 7) is 4.12. The van der Waals surface area contributed by atoms with Crippen molar-refractivity contribution < 1.29 is 4.79 Å². The standard InChI is InChI=1S/C14H26N2OS/c1-2-6-14(7-4-8-15-11-14)13(17)16-12-5-3-9-18-10-12/h12,15H,2-11H2,1H3,(H,16,17). The van der Waals surface area contributed by atoms with Gasteiger partial charge in [0.1, 0.15) is 0 Å². The van der Waals surface area contributed by atoms with Crippen LogP contribution in [-0.2, 0) is 4.79 Å². The van der Waals surface area contributed by atoms with Crippen LogP contribution in [0.15, 0.2) is 0 Å². The topological polar surface area (TPSA) is 41.1 Å². The van der Waals surface area contributed by atoms with Crippen LogP contribution < -0.4 is 10.6 Å². The van der Waals surface area contributed by atoms with E-state index in [0.29, 0.717) is 11.9 Å². The van der Waals surface area contributed by atoms with Gasteiger partial charge in [0.05, 0.1) is 5.41 Å². The highest BCUT2D eigenvalue weighted by molar-refractivity contribution is 7.99. The lowest BCUT2D eigenvalue weighted by atomic mass is 9.76. The Morgan fingerprint density at radius 1 is 1.50 bits per heavy atom. The van der Waals surface area contributed by atoms with Gasteiger partial charge in [-0.3, -0.25) is 4.79 Å². The molecule has 2 aliphatic rings. The molecule has 0 aromatic carbocycles. The van der Waals surface area contributed by atoms with Crippen LogP contribution in [0.4, 0.5) is 0 Å². The average molecular weight is 270 g/mol. The lowest BCUT2D eigenvalue weighted by Gasteiger charge is -2.38. The van der Waals surface area contributed by atoms with Gasteiger partial charge < -0.3 is 10.6 Å². The Balaban J connectivity index is 1.94. The monoisotopic (exact) mass is 270 g/mol. The van der Waals surface area contributed by atoms with E-state index in [1.165, 1.54) is 12.2 Å². The maximum atomic E-state index is 12.6. The fourth-order valence-corrected chi connectivity index (χ4v) is 4.23. The van der Waals surface area contributed by atoms with Gasteiger partial charge in [0.15, 0.2) is 0 Å². The van der Waals surface area contributed by atoms with E-state index >= 15 is 0 Å². The van der Waals surface area contributed by atoms with Gasteiger partial charge in [0.2, 0.25) is 5.91 Å². The van der Waals surface area contributed by atoms with E-state index in [4.69, 9.17) is 0 Å². The summed E-state index contributed by atoms with van der Waals surface area (Å²) in [7, 11) is 0. The van der Waals surface area contributed by atoms with Gasteiger partial charge >= 0.3 is 0 Å². The second-order valence-corrected chi connectivity index (χ2v) is 6.85. The summed E-state index contributed by atoms with van der Waals surface area (Å²) in [6.07, 6.45) is 6.70. The Morgan fingerprint density at radius 2 is 2.39 bits per heavy atom. The van der Waals surface area contributed by atoms with Gasteiger partial charge in [-0.2, -0.15) is 11.8 Å². The number of piperidine rings is 1. The minimum absolute atomic E-state index is 0.130. The Hall–Kier alpha value is -0.220. The Morgan fingerprint density at radius 3 is 3.00 bits per heavy atom. The zero-order valence-corrected chi connectivity index (χ0v) is 12.3. The molecule has 2 atom stereocenters. The van der Waals surface area contributed by atoms with Crippen LogP contribution in [0.3, 0.4) is 0 Å². The van der Waals surface area contributed by atoms with Crippen LogP contribution in [0.5, 0.6) is 0 Å². The number of carbonyl (C=O) groups excluding carboxylic acids is 1. The molecule has 104 valence electrons. The summed E-state index contributed by atoms with van der Waals surface area (Å²) in [5, 5.41) is 6.73. The number of amides is 1. The van der Waals surface area contributed by atoms with Crippen LogP contribution in [0.1, 0.15) is 45.4 Å². The summed E-state index contributed by atoms with van der Waals surface area (Å²) < 4.78 is 0. The number of hydrogen-bond acceptors (Lipinski definition) is 3. The van der Waals surface area contributed by atoms with Crippen molar-refractivity contribution in [1.82, 2.24) is 10.6 Å². The van der Waals surface area contributed by atoms with Crippen LogP contribution in [0.2, 0.25) is 0 Å². The molecule has 0 spiro atoms. The van der Waals surface area contributed by atoms with Gasteiger partial charge in [-0.1, -0.05) is 13.3 Å². The van der Waals surface area contributed by atoms with Crippen molar-refractivity contribution in [1.29, 1.82) is 0 Å². The van der Waals surface area contributed by atoms with Crippen LogP contribution >= 0.6 is 11.8 Å². The van der Waals surface area contributed by atoms with E-state index < -0.39 is 0 Å². The largest absolute Gasteiger partial charge is 0.352 e. The van der Waals surface area contributed by atoms with Crippen molar-refractivity contribution in [3.63, 3.8) is 0 Å². The zero-order chi connectivity index (χ0) is 12.8. The highest BCUT2D eigenvalue weighted by atomic mass is 32.2. The summed E-state index contributed by atoms with van der Waals surface area (Å²) in [6, 6.07) is 0.409. The second-order valence-electron chi connectivity index (χ2n) is 5.70. The molecular weight excluding hydrogens is 244 g/mol. The molecule has 2 saturated heterocycles. The van der Waals surface area contributed by atoms with Gasteiger partial charge in [0.25, 0.3) is 0 Å². The van der Waals surface area contributed by atoms with Crippen LogP contribution in [-0.4, -0.2) is 36.5 Å². The lowest BCUT2D eigenvalue weighted by Crippen LogP contribution is -2.53. The molecule has 3 nitrogen and oxygen atoms in total. The fourth-order valence-electron chi connectivity index (χ4n) is 3.16. The van der Waals surface area contributed by atoms with Crippen LogP contribution in [0.25, 0.3) is 0 Å². The van der Waals surface area contributed by atoms with E-state index in [1.54, 1.807) is 0 Å². The Kier molecular flexibility index (Phi) is 5.37. The first-order chi connectivity index (χ1) is 8.77. The number of carbonyl (C=O) groups is 1. The molecular formula is C14H26N2OS. The average Bonchev–Trinajstić information content (AvgIpc) is 2.41. The molecule has 18 heavy (non-hydrogen) atoms. The summed E-state index contributed by atoms with van der Waals surface area (Å²) in [4.78, 5) is 12.6. The number of nitrogens with one attached hydrogen (secondary N) is 2. The SMILES string of the molecule is CCCC1(C(=O)NC2CCCSC2)CCCNC1. The van der Waals surface area contributed by atoms with Crippen molar-refractivity contribution in [2.75, 3.05) is 24.6 Å². The first-order valence-electron chi connectivity index (χ1n) is 7.36. The van der Waals surface area contributed by atoms with Gasteiger partial charge in [-0.25, -0.2) is 0 Å². The molecule has 4 heteroatoms. The van der Waals surface area contributed by atoms with E-state index in [0.717, 1.165) is 50.9 Å². The molecule has 2 rings (SSSR count). The molecule has 2 aliphatic heterocycles. The first-order valence-corrected chi connectivity index (χ1v) is 8.52. The van der Waals surface area contributed by atoms with Crippen molar-refractivity contribution in [2.24, 2.45) is 5.41 Å². The molecule has 2 N–H and O–H groups in total. The zero-order valence-electron chi connectivity index (χ0n) is 11.5. The molecule has 0 aliphatic carbocycles. The molecule has 1 amide bonds. The second kappa shape index (κ2) is 6.80. The molecule has 0 aromatic rings. The molecule has 0 radical (unpaired) electrons. The van der Waals surface area contributed by atoms with Crippen molar-refractivity contribution >= 4 is 17.7 Å². The minimum atomic E-state index is -0.130. The third-order valence-electron chi connectivity index (χ3n) is 4.18.